The lowest BCUT2D eigenvalue weighted by Gasteiger charge is -2.35. The van der Waals surface area contributed by atoms with E-state index in [1.54, 1.807) is 4.90 Å². The van der Waals surface area contributed by atoms with Gasteiger partial charge in [0.25, 0.3) is 5.91 Å². The summed E-state index contributed by atoms with van der Waals surface area (Å²) in [6.45, 7) is 2.19. The highest BCUT2D eigenvalue weighted by molar-refractivity contribution is 6.33. The molecule has 0 aliphatic carbocycles. The smallest absolute Gasteiger partial charge is 0.410 e. The molecular weight excluding hydrogens is 294 g/mol. The van der Waals surface area contributed by atoms with Gasteiger partial charge in [0, 0.05) is 33.2 Å². The number of halogens is 1. The summed E-state index contributed by atoms with van der Waals surface area (Å²) in [6.07, 6.45) is -0.461. The zero-order chi connectivity index (χ0) is 15.2. The van der Waals surface area contributed by atoms with Crippen molar-refractivity contribution >= 4 is 29.3 Å². The van der Waals surface area contributed by atoms with Gasteiger partial charge in [0.1, 0.15) is 0 Å². The lowest BCUT2D eigenvalue weighted by molar-refractivity contribution is -0.123. The zero-order valence-electron chi connectivity index (χ0n) is 11.8. The second-order valence-corrected chi connectivity index (χ2v) is 5.06. The molecule has 0 bridgehead atoms. The van der Waals surface area contributed by atoms with Gasteiger partial charge in [-0.2, -0.15) is 0 Å². The summed E-state index contributed by atoms with van der Waals surface area (Å²) in [5.41, 5.74) is 0.970. The van der Waals surface area contributed by atoms with E-state index in [-0.39, 0.29) is 12.5 Å². The van der Waals surface area contributed by atoms with Crippen LogP contribution < -0.4 is 10.2 Å². The number of carbonyl (C=O) groups is 2. The Morgan fingerprint density at radius 2 is 1.90 bits per heavy atom. The van der Waals surface area contributed by atoms with Gasteiger partial charge in [-0.05, 0) is 12.1 Å². The second-order valence-electron chi connectivity index (χ2n) is 4.65. The molecule has 1 aromatic rings. The molecule has 1 fully saturated rings. The molecule has 0 radical (unpaired) electrons. The van der Waals surface area contributed by atoms with Gasteiger partial charge >= 0.3 is 6.09 Å². The number of piperazine rings is 1. The normalized spacial score (nSPS) is 14.8. The van der Waals surface area contributed by atoms with E-state index in [4.69, 9.17) is 16.3 Å². The van der Waals surface area contributed by atoms with Crippen LogP contribution in [0.3, 0.4) is 0 Å². The van der Waals surface area contributed by atoms with Gasteiger partial charge in [-0.3, -0.25) is 4.79 Å². The van der Waals surface area contributed by atoms with E-state index >= 15 is 0 Å². The first kappa shape index (κ1) is 15.4. The molecule has 2 rings (SSSR count). The number of rotatable bonds is 3. The number of ether oxygens (including phenoxy) is 1. The van der Waals surface area contributed by atoms with Gasteiger partial charge in [0.05, 0.1) is 10.7 Å². The maximum absolute atomic E-state index is 11.8. The number of nitrogens with zero attached hydrogens (tertiary/aromatic N) is 2. The van der Waals surface area contributed by atoms with Gasteiger partial charge < -0.3 is 19.9 Å². The van der Waals surface area contributed by atoms with Crippen LogP contribution in [-0.4, -0.2) is 56.7 Å². The van der Waals surface area contributed by atoms with Crippen molar-refractivity contribution in [2.75, 3.05) is 44.7 Å². The van der Waals surface area contributed by atoms with Crippen LogP contribution in [0.4, 0.5) is 10.5 Å². The number of amides is 2. The van der Waals surface area contributed by atoms with Crippen LogP contribution in [0, 0.1) is 0 Å². The number of hydrogen-bond donors (Lipinski definition) is 1. The van der Waals surface area contributed by atoms with Crippen LogP contribution in [-0.2, 0) is 9.53 Å². The maximum atomic E-state index is 11.8. The Kier molecular flexibility index (Phi) is 5.27. The van der Waals surface area contributed by atoms with E-state index in [0.29, 0.717) is 31.2 Å². The highest BCUT2D eigenvalue weighted by atomic mass is 35.5. The molecule has 1 aliphatic rings. The molecule has 1 saturated heterocycles. The first-order chi connectivity index (χ1) is 10.1. The average molecular weight is 312 g/mol. The molecule has 114 valence electrons. The summed E-state index contributed by atoms with van der Waals surface area (Å²) in [7, 11) is 1.50. The molecule has 7 heteroatoms. The molecule has 1 aromatic carbocycles. The number of hydrogen-bond acceptors (Lipinski definition) is 4. The molecule has 0 atom stereocenters. The minimum atomic E-state index is -0.461. The molecule has 0 spiro atoms. The van der Waals surface area contributed by atoms with Crippen LogP contribution >= 0.6 is 11.6 Å². The van der Waals surface area contributed by atoms with Crippen LogP contribution in [0.1, 0.15) is 0 Å². The monoisotopic (exact) mass is 311 g/mol. The summed E-state index contributed by atoms with van der Waals surface area (Å²) in [5, 5.41) is 3.10. The fourth-order valence-electron chi connectivity index (χ4n) is 2.13. The Morgan fingerprint density at radius 1 is 1.24 bits per heavy atom. The second kappa shape index (κ2) is 7.17. The topological polar surface area (TPSA) is 61.9 Å². The molecule has 1 heterocycles. The largest absolute Gasteiger partial charge is 0.439 e. The van der Waals surface area contributed by atoms with E-state index in [9.17, 15) is 9.59 Å². The molecule has 0 saturated carbocycles. The SMILES string of the molecule is CNC(=O)COC(=O)N1CCN(c2ccccc2Cl)CC1. The first-order valence-electron chi connectivity index (χ1n) is 6.73. The van der Waals surface area contributed by atoms with Crippen LogP contribution in [0.25, 0.3) is 0 Å². The maximum Gasteiger partial charge on any atom is 0.410 e. The highest BCUT2D eigenvalue weighted by Gasteiger charge is 2.23. The van der Waals surface area contributed by atoms with Gasteiger partial charge in [0.2, 0.25) is 0 Å². The van der Waals surface area contributed by atoms with E-state index in [2.05, 4.69) is 10.2 Å². The van der Waals surface area contributed by atoms with E-state index in [1.165, 1.54) is 7.05 Å². The van der Waals surface area contributed by atoms with Crippen molar-refractivity contribution in [3.63, 3.8) is 0 Å². The van der Waals surface area contributed by atoms with E-state index in [1.807, 2.05) is 24.3 Å². The Hall–Kier alpha value is -1.95. The van der Waals surface area contributed by atoms with E-state index in [0.717, 1.165) is 5.69 Å². The zero-order valence-corrected chi connectivity index (χ0v) is 12.6. The van der Waals surface area contributed by atoms with Crippen molar-refractivity contribution in [2.24, 2.45) is 0 Å². The van der Waals surface area contributed by atoms with Crippen molar-refractivity contribution in [1.82, 2.24) is 10.2 Å². The third-order valence-corrected chi connectivity index (χ3v) is 3.66. The minimum Gasteiger partial charge on any atom is -0.439 e. The number of para-hydroxylation sites is 1. The average Bonchev–Trinajstić information content (AvgIpc) is 2.53. The lowest BCUT2D eigenvalue weighted by atomic mass is 10.2. The molecule has 2 amide bonds. The van der Waals surface area contributed by atoms with Crippen molar-refractivity contribution in [3.05, 3.63) is 29.3 Å². The summed E-state index contributed by atoms with van der Waals surface area (Å²) in [6, 6.07) is 7.63. The number of likely N-dealkylation sites (N-methyl/N-ethyl adjacent to an activating group) is 1. The Bertz CT molecular complexity index is 516. The molecule has 6 nitrogen and oxygen atoms in total. The summed E-state index contributed by atoms with van der Waals surface area (Å²) in [4.78, 5) is 26.6. The van der Waals surface area contributed by atoms with Crippen molar-refractivity contribution in [3.8, 4) is 0 Å². The predicted octanol–water partition coefficient (Wildman–Crippen LogP) is 1.34. The lowest BCUT2D eigenvalue weighted by Crippen LogP contribution is -2.49. The number of benzene rings is 1. The van der Waals surface area contributed by atoms with Crippen molar-refractivity contribution in [1.29, 1.82) is 0 Å². The fourth-order valence-corrected chi connectivity index (χ4v) is 2.38. The standard InChI is InChI=1S/C14H18ClN3O3/c1-16-13(19)10-21-14(20)18-8-6-17(7-9-18)12-5-3-2-4-11(12)15/h2-5H,6-10H2,1H3,(H,16,19). The number of nitrogens with one attached hydrogen (secondary N) is 1. The Labute approximate surface area is 128 Å². The fraction of sp³-hybridized carbons (Fsp3) is 0.429. The van der Waals surface area contributed by atoms with Crippen molar-refractivity contribution < 1.29 is 14.3 Å². The third kappa shape index (κ3) is 4.01. The summed E-state index contributed by atoms with van der Waals surface area (Å²) < 4.78 is 4.93. The molecule has 0 unspecified atom stereocenters. The van der Waals surface area contributed by atoms with Gasteiger partial charge in [-0.25, -0.2) is 4.79 Å². The van der Waals surface area contributed by atoms with Crippen LogP contribution in [0.5, 0.6) is 0 Å². The van der Waals surface area contributed by atoms with E-state index < -0.39 is 6.09 Å². The number of anilines is 1. The minimum absolute atomic E-state index is 0.250. The van der Waals surface area contributed by atoms with Crippen LogP contribution in [0.15, 0.2) is 24.3 Å². The Morgan fingerprint density at radius 3 is 2.52 bits per heavy atom. The summed E-state index contributed by atoms with van der Waals surface area (Å²) >= 11 is 6.17. The summed E-state index contributed by atoms with van der Waals surface area (Å²) in [5.74, 6) is -0.321. The highest BCUT2D eigenvalue weighted by Crippen LogP contribution is 2.26. The predicted molar refractivity (Wildman–Crippen MR) is 80.7 cm³/mol. The van der Waals surface area contributed by atoms with Gasteiger partial charge in [0.15, 0.2) is 6.61 Å². The molecule has 1 aliphatic heterocycles. The number of carbonyl (C=O) groups excluding carboxylic acids is 2. The van der Waals surface area contributed by atoms with Gasteiger partial charge in [-0.1, -0.05) is 23.7 Å². The van der Waals surface area contributed by atoms with Gasteiger partial charge in [-0.15, -0.1) is 0 Å². The molecular formula is C14H18ClN3O3. The van der Waals surface area contributed by atoms with Crippen LogP contribution in [0.2, 0.25) is 5.02 Å². The molecule has 21 heavy (non-hydrogen) atoms. The first-order valence-corrected chi connectivity index (χ1v) is 7.11. The third-order valence-electron chi connectivity index (χ3n) is 3.34. The van der Waals surface area contributed by atoms with Crippen molar-refractivity contribution in [2.45, 2.75) is 0 Å². The molecule has 1 N–H and O–H groups in total. The quantitative estimate of drug-likeness (QED) is 0.915. The molecule has 0 aromatic heterocycles. The Balaban J connectivity index is 1.84.